The lowest BCUT2D eigenvalue weighted by atomic mass is 10.1. The Morgan fingerprint density at radius 3 is 2.69 bits per heavy atom. The molecule has 1 aliphatic heterocycles. The van der Waals surface area contributed by atoms with Crippen LogP contribution in [-0.2, 0) is 6.54 Å². The van der Waals surface area contributed by atoms with E-state index in [-0.39, 0.29) is 5.91 Å². The lowest BCUT2D eigenvalue weighted by molar-refractivity contribution is 0.102. The molecule has 0 unspecified atom stereocenters. The summed E-state index contributed by atoms with van der Waals surface area (Å²) in [7, 11) is 0. The molecule has 2 aromatic rings. The Bertz CT molecular complexity index is 932. The number of hydrogen-bond acceptors (Lipinski definition) is 4. The van der Waals surface area contributed by atoms with Crippen LogP contribution >= 0.6 is 23.4 Å². The maximum absolute atomic E-state index is 12.8. The molecule has 0 atom stereocenters. The second kappa shape index (κ2) is 12.8. The van der Waals surface area contributed by atoms with Crippen molar-refractivity contribution in [1.82, 2.24) is 4.90 Å². The number of amides is 1. The molecule has 32 heavy (non-hydrogen) atoms. The molecule has 1 amide bonds. The van der Waals surface area contributed by atoms with Crippen LogP contribution in [0.15, 0.2) is 53.6 Å². The first-order valence-corrected chi connectivity index (χ1v) is 12.9. The van der Waals surface area contributed by atoms with Gasteiger partial charge in [-0.25, -0.2) is 0 Å². The van der Waals surface area contributed by atoms with Crippen LogP contribution in [0.2, 0.25) is 5.02 Å². The van der Waals surface area contributed by atoms with Gasteiger partial charge in [-0.1, -0.05) is 62.8 Å². The maximum Gasteiger partial charge on any atom is 0.255 e. The third-order valence-corrected chi connectivity index (χ3v) is 6.75. The molecule has 1 N–H and O–H groups in total. The summed E-state index contributed by atoms with van der Waals surface area (Å²) in [6.45, 7) is 5.80. The molecule has 0 bridgehead atoms. The van der Waals surface area contributed by atoms with Crippen LogP contribution in [0.25, 0.3) is 0 Å². The number of ether oxygens (including phenoxy) is 1. The topological polar surface area (TPSA) is 41.6 Å². The molecular formula is C26H33ClN2O2S. The van der Waals surface area contributed by atoms with Crippen LogP contribution in [0.5, 0.6) is 5.75 Å². The van der Waals surface area contributed by atoms with Crippen molar-refractivity contribution in [1.29, 1.82) is 0 Å². The number of unbranched alkanes of at least 4 members (excludes halogenated alkanes) is 5. The van der Waals surface area contributed by atoms with Gasteiger partial charge in [-0.3, -0.25) is 4.79 Å². The Balaban J connectivity index is 1.50. The van der Waals surface area contributed by atoms with E-state index in [4.69, 9.17) is 16.3 Å². The lowest BCUT2D eigenvalue weighted by Crippen LogP contribution is -2.17. The summed E-state index contributed by atoms with van der Waals surface area (Å²) in [4.78, 5) is 15.1. The molecule has 2 aromatic carbocycles. The summed E-state index contributed by atoms with van der Waals surface area (Å²) in [5.41, 5.74) is 3.67. The number of rotatable bonds is 12. The van der Waals surface area contributed by atoms with Crippen molar-refractivity contribution in [2.75, 3.05) is 17.8 Å². The Morgan fingerprint density at radius 2 is 1.94 bits per heavy atom. The van der Waals surface area contributed by atoms with Crippen molar-refractivity contribution >= 4 is 35.0 Å². The highest BCUT2D eigenvalue weighted by Crippen LogP contribution is 2.28. The quantitative estimate of drug-likeness (QED) is 0.321. The van der Waals surface area contributed by atoms with E-state index in [1.54, 1.807) is 17.8 Å². The summed E-state index contributed by atoms with van der Waals surface area (Å²) in [6, 6.07) is 13.2. The largest absolute Gasteiger partial charge is 0.492 e. The highest BCUT2D eigenvalue weighted by molar-refractivity contribution is 8.02. The summed E-state index contributed by atoms with van der Waals surface area (Å²) in [5, 5.41) is 5.62. The van der Waals surface area contributed by atoms with E-state index in [0.29, 0.717) is 28.6 Å². The number of benzene rings is 2. The smallest absolute Gasteiger partial charge is 0.255 e. The van der Waals surface area contributed by atoms with Crippen molar-refractivity contribution in [3.63, 3.8) is 0 Å². The minimum Gasteiger partial charge on any atom is -0.492 e. The van der Waals surface area contributed by atoms with Gasteiger partial charge < -0.3 is 15.0 Å². The van der Waals surface area contributed by atoms with Gasteiger partial charge in [0, 0.05) is 23.5 Å². The molecule has 0 aliphatic carbocycles. The molecule has 4 nitrogen and oxygen atoms in total. The predicted octanol–water partition coefficient (Wildman–Crippen LogP) is 7.70. The number of carbonyl (C=O) groups excluding carboxylic acids is 1. The van der Waals surface area contributed by atoms with E-state index in [0.717, 1.165) is 24.4 Å². The molecule has 1 heterocycles. The van der Waals surface area contributed by atoms with Gasteiger partial charge in [0.25, 0.3) is 5.91 Å². The van der Waals surface area contributed by atoms with Crippen molar-refractivity contribution in [2.45, 2.75) is 58.9 Å². The molecule has 0 spiro atoms. The molecule has 0 saturated carbocycles. The predicted molar refractivity (Wildman–Crippen MR) is 136 cm³/mol. The number of anilines is 1. The van der Waals surface area contributed by atoms with Crippen LogP contribution < -0.4 is 10.1 Å². The first kappa shape index (κ1) is 24.5. The van der Waals surface area contributed by atoms with Gasteiger partial charge in [0.05, 0.1) is 17.5 Å². The van der Waals surface area contributed by atoms with Crippen LogP contribution in [0.4, 0.5) is 5.69 Å². The summed E-state index contributed by atoms with van der Waals surface area (Å²) < 4.78 is 5.82. The Hall–Kier alpha value is -2.11. The average Bonchev–Trinajstić information content (AvgIpc) is 3.19. The first-order valence-electron chi connectivity index (χ1n) is 11.4. The number of hydrogen-bond donors (Lipinski definition) is 1. The zero-order valence-electron chi connectivity index (χ0n) is 19.0. The van der Waals surface area contributed by atoms with Crippen LogP contribution in [0.3, 0.4) is 0 Å². The number of halogens is 1. The monoisotopic (exact) mass is 472 g/mol. The van der Waals surface area contributed by atoms with E-state index in [1.165, 1.54) is 37.8 Å². The van der Waals surface area contributed by atoms with Crippen LogP contribution in [0, 0.1) is 0 Å². The zero-order valence-corrected chi connectivity index (χ0v) is 20.6. The number of nitrogens with zero attached hydrogens (tertiary/aromatic N) is 1. The Morgan fingerprint density at radius 1 is 1.12 bits per heavy atom. The van der Waals surface area contributed by atoms with Gasteiger partial charge in [-0.15, -0.1) is 11.8 Å². The van der Waals surface area contributed by atoms with Crippen molar-refractivity contribution in [3.05, 3.63) is 69.7 Å². The van der Waals surface area contributed by atoms with Crippen molar-refractivity contribution in [3.8, 4) is 5.75 Å². The number of allylic oxidation sites excluding steroid dienone is 1. The average molecular weight is 473 g/mol. The van der Waals surface area contributed by atoms with E-state index in [9.17, 15) is 4.79 Å². The standard InChI is InChI=1S/C26H33ClN2O2S/c1-3-4-5-6-7-8-14-31-25-13-12-23(16-24(25)27)28-26(30)22-11-9-10-21(15-22)17-29-19-32-18-20(29)2/h9-13,15-16,18H,3-8,14,17,19H2,1-2H3,(H,28,30). The van der Waals surface area contributed by atoms with E-state index < -0.39 is 0 Å². The zero-order chi connectivity index (χ0) is 22.8. The van der Waals surface area contributed by atoms with Gasteiger partial charge in [0.1, 0.15) is 5.75 Å². The van der Waals surface area contributed by atoms with Crippen LogP contribution in [-0.4, -0.2) is 23.3 Å². The minimum absolute atomic E-state index is 0.147. The second-order valence-corrected chi connectivity index (χ2v) is 9.40. The van der Waals surface area contributed by atoms with E-state index >= 15 is 0 Å². The van der Waals surface area contributed by atoms with Crippen LogP contribution in [0.1, 0.15) is 68.3 Å². The molecule has 1 aliphatic rings. The lowest BCUT2D eigenvalue weighted by Gasteiger charge is -2.19. The second-order valence-electron chi connectivity index (χ2n) is 8.17. The Kier molecular flexibility index (Phi) is 9.82. The highest BCUT2D eigenvalue weighted by Gasteiger charge is 2.14. The third kappa shape index (κ3) is 7.49. The molecule has 0 fully saturated rings. The van der Waals surface area contributed by atoms with Gasteiger partial charge in [-0.2, -0.15) is 0 Å². The third-order valence-electron chi connectivity index (χ3n) is 5.49. The summed E-state index contributed by atoms with van der Waals surface area (Å²) in [5.74, 6) is 1.47. The fraction of sp³-hybridized carbons (Fsp3) is 0.423. The van der Waals surface area contributed by atoms with Gasteiger partial charge in [-0.05, 0) is 54.6 Å². The van der Waals surface area contributed by atoms with Gasteiger partial charge in [0.15, 0.2) is 0 Å². The van der Waals surface area contributed by atoms with E-state index in [1.807, 2.05) is 30.3 Å². The maximum atomic E-state index is 12.8. The molecule has 6 heteroatoms. The molecule has 3 rings (SSSR count). The molecule has 172 valence electrons. The number of carbonyl (C=O) groups is 1. The van der Waals surface area contributed by atoms with Crippen molar-refractivity contribution < 1.29 is 9.53 Å². The highest BCUT2D eigenvalue weighted by atomic mass is 35.5. The Labute approximate surface area is 201 Å². The normalized spacial score (nSPS) is 13.2. The SMILES string of the molecule is CCCCCCCCOc1ccc(NC(=O)c2cccc(CN3CSC=C3C)c2)cc1Cl. The molecule has 0 aromatic heterocycles. The first-order chi connectivity index (χ1) is 15.6. The fourth-order valence-electron chi connectivity index (χ4n) is 3.59. The fourth-order valence-corrected chi connectivity index (χ4v) is 4.76. The molecular weight excluding hydrogens is 440 g/mol. The summed E-state index contributed by atoms with van der Waals surface area (Å²) in [6.07, 6.45) is 7.32. The summed E-state index contributed by atoms with van der Waals surface area (Å²) >= 11 is 8.18. The van der Waals surface area contributed by atoms with E-state index in [2.05, 4.69) is 35.5 Å². The molecule has 0 saturated heterocycles. The van der Waals surface area contributed by atoms with Gasteiger partial charge >= 0.3 is 0 Å². The number of nitrogens with one attached hydrogen (secondary N) is 1. The minimum atomic E-state index is -0.147. The molecule has 0 radical (unpaired) electrons. The van der Waals surface area contributed by atoms with Crippen molar-refractivity contribution in [2.24, 2.45) is 0 Å². The number of thioether (sulfide) groups is 1. The van der Waals surface area contributed by atoms with Gasteiger partial charge in [0.2, 0.25) is 0 Å².